The van der Waals surface area contributed by atoms with Crippen LogP contribution in [0.3, 0.4) is 0 Å². The van der Waals surface area contributed by atoms with Crippen molar-refractivity contribution in [3.05, 3.63) is 71.0 Å². The monoisotopic (exact) mass is 468 g/mol. The Kier molecular flexibility index (Phi) is 8.04. The fourth-order valence-corrected chi connectivity index (χ4v) is 3.52. The predicted octanol–water partition coefficient (Wildman–Crippen LogP) is 3.47. The summed E-state index contributed by atoms with van der Waals surface area (Å²) in [6.45, 7) is 1.11. The molecule has 10 heteroatoms. The molecule has 3 rings (SSSR count). The quantitative estimate of drug-likeness (QED) is 0.584. The number of methoxy groups -OCH3 is 1. The summed E-state index contributed by atoms with van der Waals surface area (Å²) >= 11 is 0. The van der Waals surface area contributed by atoms with Crippen molar-refractivity contribution >= 4 is 11.8 Å². The van der Waals surface area contributed by atoms with E-state index in [1.165, 1.54) is 48.4 Å². The number of rotatable bonds is 7. The first kappa shape index (κ1) is 24.7. The molecular formula is C23H24F4N2O4. The molecule has 0 N–H and O–H groups in total. The number of hydrogen-bond acceptors (Lipinski definition) is 4. The Morgan fingerprint density at radius 1 is 1.15 bits per heavy atom. The van der Waals surface area contributed by atoms with Crippen LogP contribution in [-0.4, -0.2) is 74.2 Å². The standard InChI is InChI=1S/C23H24F4N2O4/c1-32-11-9-28(22(31)17-3-2-4-18(13-17)23(25,26)27)14-20-15-29(10-12-33-20)21(30)16-5-7-19(24)8-6-16/h2-8,13,20H,9-12,14-15H2,1H3. The second kappa shape index (κ2) is 10.8. The number of nitrogens with zero attached hydrogens (tertiary/aromatic N) is 2. The first-order chi connectivity index (χ1) is 15.7. The van der Waals surface area contributed by atoms with E-state index in [1.54, 1.807) is 4.90 Å². The molecule has 0 radical (unpaired) electrons. The lowest BCUT2D eigenvalue weighted by molar-refractivity contribution is -0.137. The fraction of sp³-hybridized carbons (Fsp3) is 0.391. The Balaban J connectivity index is 1.72. The lowest BCUT2D eigenvalue weighted by Gasteiger charge is -2.36. The van der Waals surface area contributed by atoms with Crippen LogP contribution in [0.15, 0.2) is 48.5 Å². The van der Waals surface area contributed by atoms with Gasteiger partial charge in [-0.3, -0.25) is 9.59 Å². The van der Waals surface area contributed by atoms with E-state index in [9.17, 15) is 27.2 Å². The maximum atomic E-state index is 13.2. The van der Waals surface area contributed by atoms with Gasteiger partial charge in [-0.25, -0.2) is 4.39 Å². The number of ether oxygens (including phenoxy) is 2. The summed E-state index contributed by atoms with van der Waals surface area (Å²) in [7, 11) is 1.45. The summed E-state index contributed by atoms with van der Waals surface area (Å²) in [6.07, 6.45) is -5.11. The molecule has 1 heterocycles. The van der Waals surface area contributed by atoms with Crippen LogP contribution in [-0.2, 0) is 15.7 Å². The molecule has 1 unspecified atom stereocenters. The van der Waals surface area contributed by atoms with Crippen molar-refractivity contribution in [1.82, 2.24) is 9.80 Å². The molecule has 2 aromatic carbocycles. The van der Waals surface area contributed by atoms with Crippen LogP contribution in [0.5, 0.6) is 0 Å². The van der Waals surface area contributed by atoms with Crippen molar-refractivity contribution in [1.29, 1.82) is 0 Å². The molecule has 33 heavy (non-hydrogen) atoms. The van der Waals surface area contributed by atoms with Crippen LogP contribution < -0.4 is 0 Å². The summed E-state index contributed by atoms with van der Waals surface area (Å²) in [5, 5.41) is 0. The molecule has 0 aromatic heterocycles. The van der Waals surface area contributed by atoms with E-state index in [0.717, 1.165) is 12.1 Å². The lowest BCUT2D eigenvalue weighted by Crippen LogP contribution is -2.51. The number of morpholine rings is 1. The van der Waals surface area contributed by atoms with Crippen LogP contribution in [0, 0.1) is 5.82 Å². The van der Waals surface area contributed by atoms with Gasteiger partial charge in [-0.15, -0.1) is 0 Å². The second-order valence-electron chi connectivity index (χ2n) is 7.57. The predicted molar refractivity (Wildman–Crippen MR) is 111 cm³/mol. The molecular weight excluding hydrogens is 444 g/mol. The van der Waals surface area contributed by atoms with Crippen LogP contribution in [0.1, 0.15) is 26.3 Å². The van der Waals surface area contributed by atoms with Gasteiger partial charge >= 0.3 is 6.18 Å². The van der Waals surface area contributed by atoms with E-state index in [0.29, 0.717) is 12.1 Å². The van der Waals surface area contributed by atoms with E-state index in [-0.39, 0.29) is 44.3 Å². The van der Waals surface area contributed by atoms with Gasteiger partial charge < -0.3 is 19.3 Å². The van der Waals surface area contributed by atoms with Gasteiger partial charge in [0.15, 0.2) is 0 Å². The van der Waals surface area contributed by atoms with Gasteiger partial charge in [0.1, 0.15) is 5.82 Å². The van der Waals surface area contributed by atoms with E-state index in [4.69, 9.17) is 9.47 Å². The minimum atomic E-state index is -4.57. The van der Waals surface area contributed by atoms with Crippen molar-refractivity contribution in [3.8, 4) is 0 Å². The average molecular weight is 468 g/mol. The summed E-state index contributed by atoms with van der Waals surface area (Å²) in [5.41, 5.74) is -0.686. The highest BCUT2D eigenvalue weighted by atomic mass is 19.4. The fourth-order valence-electron chi connectivity index (χ4n) is 3.52. The molecule has 1 aliphatic rings. The minimum absolute atomic E-state index is 0.0611. The zero-order valence-electron chi connectivity index (χ0n) is 18.0. The second-order valence-corrected chi connectivity index (χ2v) is 7.57. The van der Waals surface area contributed by atoms with Crippen LogP contribution >= 0.6 is 0 Å². The molecule has 1 atom stereocenters. The number of carbonyl (C=O) groups is 2. The Morgan fingerprint density at radius 2 is 1.88 bits per heavy atom. The first-order valence-electron chi connectivity index (χ1n) is 10.3. The molecule has 6 nitrogen and oxygen atoms in total. The van der Waals surface area contributed by atoms with E-state index >= 15 is 0 Å². The van der Waals surface area contributed by atoms with E-state index in [2.05, 4.69) is 0 Å². The first-order valence-corrected chi connectivity index (χ1v) is 10.3. The molecule has 1 fully saturated rings. The summed E-state index contributed by atoms with van der Waals surface area (Å²) < 4.78 is 63.1. The normalized spacial score (nSPS) is 16.5. The number of benzene rings is 2. The van der Waals surface area contributed by atoms with Crippen LogP contribution in [0.4, 0.5) is 17.6 Å². The highest BCUT2D eigenvalue weighted by molar-refractivity contribution is 5.95. The molecule has 1 saturated heterocycles. The molecule has 0 aliphatic carbocycles. The van der Waals surface area contributed by atoms with Gasteiger partial charge in [0.25, 0.3) is 11.8 Å². The highest BCUT2D eigenvalue weighted by Gasteiger charge is 2.32. The number of carbonyl (C=O) groups excluding carboxylic acids is 2. The topological polar surface area (TPSA) is 59.1 Å². The van der Waals surface area contributed by atoms with Gasteiger partial charge in [0.05, 0.1) is 24.9 Å². The average Bonchev–Trinajstić information content (AvgIpc) is 2.81. The van der Waals surface area contributed by atoms with E-state index in [1.807, 2.05) is 0 Å². The van der Waals surface area contributed by atoms with Crippen molar-refractivity contribution < 1.29 is 36.6 Å². The van der Waals surface area contributed by atoms with Crippen LogP contribution in [0.25, 0.3) is 0 Å². The third-order valence-corrected chi connectivity index (χ3v) is 5.23. The van der Waals surface area contributed by atoms with E-state index < -0.39 is 29.6 Å². The minimum Gasteiger partial charge on any atom is -0.383 e. The maximum absolute atomic E-state index is 13.2. The molecule has 2 aromatic rings. The van der Waals surface area contributed by atoms with Gasteiger partial charge in [0, 0.05) is 44.4 Å². The molecule has 0 spiro atoms. The number of alkyl halides is 3. The number of amides is 2. The Labute approximate surface area is 188 Å². The number of hydrogen-bond donors (Lipinski definition) is 0. The third-order valence-electron chi connectivity index (χ3n) is 5.23. The van der Waals surface area contributed by atoms with Crippen molar-refractivity contribution in [2.75, 3.05) is 46.5 Å². The maximum Gasteiger partial charge on any atom is 0.416 e. The summed E-state index contributed by atoms with van der Waals surface area (Å²) in [5.74, 6) is -1.34. The van der Waals surface area contributed by atoms with Crippen LogP contribution in [0.2, 0.25) is 0 Å². The van der Waals surface area contributed by atoms with Gasteiger partial charge in [-0.2, -0.15) is 13.2 Å². The Bertz CT molecular complexity index is 966. The lowest BCUT2D eigenvalue weighted by atomic mass is 10.1. The molecule has 0 bridgehead atoms. The van der Waals surface area contributed by atoms with Gasteiger partial charge in [-0.1, -0.05) is 6.07 Å². The summed E-state index contributed by atoms with van der Waals surface area (Å²) in [4.78, 5) is 28.6. The van der Waals surface area contributed by atoms with Crippen molar-refractivity contribution in [3.63, 3.8) is 0 Å². The Morgan fingerprint density at radius 3 is 2.55 bits per heavy atom. The smallest absolute Gasteiger partial charge is 0.383 e. The van der Waals surface area contributed by atoms with Crippen molar-refractivity contribution in [2.45, 2.75) is 12.3 Å². The number of halogens is 4. The SMILES string of the molecule is COCCN(CC1CN(C(=O)c2ccc(F)cc2)CCO1)C(=O)c1cccc(C(F)(F)F)c1. The molecule has 2 amide bonds. The van der Waals surface area contributed by atoms with Gasteiger partial charge in [-0.05, 0) is 42.5 Å². The molecule has 1 aliphatic heterocycles. The molecule has 0 saturated carbocycles. The zero-order valence-corrected chi connectivity index (χ0v) is 18.0. The highest BCUT2D eigenvalue weighted by Crippen LogP contribution is 2.29. The summed E-state index contributed by atoms with van der Waals surface area (Å²) in [6, 6.07) is 9.41. The third kappa shape index (κ3) is 6.52. The van der Waals surface area contributed by atoms with Gasteiger partial charge in [0.2, 0.25) is 0 Å². The molecule has 178 valence electrons. The Hall–Kier alpha value is -2.98. The largest absolute Gasteiger partial charge is 0.416 e. The zero-order chi connectivity index (χ0) is 24.0. The van der Waals surface area contributed by atoms with Crippen molar-refractivity contribution in [2.24, 2.45) is 0 Å².